The quantitative estimate of drug-likeness (QED) is 0.107. The molecule has 1 aliphatic heterocycles. The Bertz CT molecular complexity index is 6900. The average Bonchev–Trinajstić information content (AvgIpc) is 1.56. The summed E-state index contributed by atoms with van der Waals surface area (Å²) in [6.07, 6.45) is 6.81. The van der Waals surface area contributed by atoms with E-state index in [-0.39, 0.29) is 99.3 Å². The molecule has 6 heteroatoms. The standard InChI is InChI=1S/C94H78N4O.Pt/c1-58-25-22-26-59(2)88(58)68-49-80-78-56-83-82(93(8,9)42-43-94(83,10)11)55-77(78)73-35-18-19-36-74(73)79-48-67(66-46-64(62-29-14-12-15-30-62)45-65(47-66)63-31-16-13-17-32-63)51-86-91(79)97(90(80)81(50-68)89-60(3)27-23-28-61(89)4)57-96(86)70-33-24-34-71(53-70)99-72-39-40-76-75-37-20-21-38-84(75)98(85(76)54-72)87-52-69(41-44-95-87)92(5,6)7;/h12-41,44-52,55-56H,42-43H2,1-11H3;/q-2;/i1D3,2D3,3D3,4D3,12D,13D,14D,15D,16D,17D,29D,30D,31D,32D,45D,46D,47D;. The first-order valence-corrected chi connectivity index (χ1v) is 32.8. The molecule has 0 saturated heterocycles. The number of hydrogen-bond acceptors (Lipinski definition) is 2. The van der Waals surface area contributed by atoms with Crippen molar-refractivity contribution >= 4 is 32.8 Å². The average molecular weight is 1500 g/mol. The van der Waals surface area contributed by atoms with Crippen LogP contribution in [0.2, 0.25) is 0 Å². The SMILES string of the molecule is [2H]c1c([2H])c([2H])c(-c2c([2H])c(-c3cc4c5c(c3)n(-c3[c-]c(Oc6[c-]c7c(cc6)c6ccccc6n7-c6cc(C(C)(C)C)ccn6)ccc3)[c-][n+]5-c3c(cc(-c5c(C([2H])([2H])[2H])cccc5C([2H])([2H])[2H])cc3-c3c(C([2H])([2H])[2H])cccc3C([2H])([2H])[2H])-c3cc5c(cc3-c3ccccc3-4)C(C)(C)CCC5(C)C)c([2H])c(-c3c([2H])c([2H])c([2H])c([2H])c3[2H])c2[2H])c([2H])c1[2H].[Pt]. The Morgan fingerprint density at radius 1 is 0.490 bits per heavy atom. The Hall–Kier alpha value is -10.5. The first kappa shape index (κ1) is 41.8. The van der Waals surface area contributed by atoms with Gasteiger partial charge in [-0.2, -0.15) is 18.2 Å². The van der Waals surface area contributed by atoms with Crippen LogP contribution >= 0.6 is 0 Å². The first-order valence-electron chi connectivity index (χ1n) is 45.3. The topological polar surface area (TPSA) is 35.9 Å². The second-order valence-corrected chi connectivity index (χ2v) is 27.9. The van der Waals surface area contributed by atoms with Crippen LogP contribution < -0.4 is 9.30 Å². The fourth-order valence-electron chi connectivity index (χ4n) is 14.6. The Morgan fingerprint density at radius 2 is 1.05 bits per heavy atom. The molecule has 0 N–H and O–H groups in total. The summed E-state index contributed by atoms with van der Waals surface area (Å²) >= 11 is 0. The van der Waals surface area contributed by atoms with Crippen molar-refractivity contribution in [3.05, 3.63) is 306 Å². The molecule has 3 aromatic heterocycles. The molecule has 1 aliphatic carbocycles. The largest absolute Gasteiger partial charge is 0.510 e. The van der Waals surface area contributed by atoms with Gasteiger partial charge in [0.25, 0.3) is 6.33 Å². The van der Waals surface area contributed by atoms with Gasteiger partial charge in [0, 0.05) is 60.7 Å². The number of nitrogens with zero attached hydrogens (tertiary/aromatic N) is 4. The zero-order chi connectivity index (χ0) is 89.1. The van der Waals surface area contributed by atoms with Crippen LogP contribution in [0.15, 0.2) is 249 Å². The van der Waals surface area contributed by atoms with Crippen molar-refractivity contribution in [2.24, 2.45) is 0 Å². The predicted octanol–water partition coefficient (Wildman–Crippen LogP) is 24.1. The second kappa shape index (κ2) is 24.5. The third kappa shape index (κ3) is 10.9. The van der Waals surface area contributed by atoms with Crippen LogP contribution in [-0.2, 0) is 37.3 Å². The molecule has 5 nitrogen and oxygen atoms in total. The van der Waals surface area contributed by atoms with Gasteiger partial charge in [-0.25, -0.2) is 4.98 Å². The van der Waals surface area contributed by atoms with E-state index in [0.29, 0.717) is 46.4 Å². The molecule has 15 aromatic rings. The van der Waals surface area contributed by atoms with Crippen LogP contribution in [0.5, 0.6) is 11.5 Å². The molecule has 0 saturated carbocycles. The number of pyridine rings is 1. The van der Waals surface area contributed by atoms with Crippen LogP contribution in [0.1, 0.15) is 135 Å². The monoisotopic (exact) mass is 1500 g/mol. The molecule has 17 rings (SSSR count). The van der Waals surface area contributed by atoms with Crippen molar-refractivity contribution < 1.29 is 64.6 Å². The second-order valence-electron chi connectivity index (χ2n) is 27.9. The van der Waals surface area contributed by atoms with Gasteiger partial charge >= 0.3 is 0 Å². The summed E-state index contributed by atoms with van der Waals surface area (Å²) in [5.41, 5.74) is -0.458. The van der Waals surface area contributed by atoms with Gasteiger partial charge in [0.05, 0.1) is 34.5 Å². The van der Waals surface area contributed by atoms with Gasteiger partial charge in [-0.15, -0.1) is 29.7 Å². The number of hydrogen-bond donors (Lipinski definition) is 0. The van der Waals surface area contributed by atoms with E-state index in [1.807, 2.05) is 65.2 Å². The molecular formula is C94H78N4OPt-2. The molecule has 0 amide bonds. The molecule has 0 unspecified atom stereocenters. The van der Waals surface area contributed by atoms with Gasteiger partial charge < -0.3 is 13.9 Å². The molecule has 0 atom stereocenters. The molecule has 0 radical (unpaired) electrons. The van der Waals surface area contributed by atoms with E-state index in [9.17, 15) is 26.0 Å². The number of ether oxygens (including phenoxy) is 1. The van der Waals surface area contributed by atoms with Gasteiger partial charge in [0.15, 0.2) is 0 Å². The van der Waals surface area contributed by atoms with Crippen LogP contribution in [0.3, 0.4) is 0 Å². The Kier molecular flexibility index (Phi) is 10.2. The van der Waals surface area contributed by atoms with Crippen LogP contribution in [0, 0.1) is 45.9 Å². The predicted molar refractivity (Wildman–Crippen MR) is 410 cm³/mol. The minimum atomic E-state index is -3.15. The summed E-state index contributed by atoms with van der Waals surface area (Å²) in [7, 11) is 0. The fourth-order valence-corrected chi connectivity index (χ4v) is 14.6. The normalized spacial score (nSPS) is 17.6. The maximum atomic E-state index is 10.6. The smallest absolute Gasteiger partial charge is 0.268 e. The number of para-hydroxylation sites is 1. The van der Waals surface area contributed by atoms with Gasteiger partial charge in [-0.1, -0.05) is 205 Å². The van der Waals surface area contributed by atoms with E-state index < -0.39 is 167 Å². The number of imidazole rings is 1. The first-order chi connectivity index (χ1) is 58.1. The van der Waals surface area contributed by atoms with E-state index in [0.717, 1.165) is 33.0 Å². The summed E-state index contributed by atoms with van der Waals surface area (Å²) in [5, 5.41) is 1.75. The third-order valence-electron chi connectivity index (χ3n) is 19.7. The van der Waals surface area contributed by atoms with Crippen molar-refractivity contribution in [1.82, 2.24) is 14.1 Å². The summed E-state index contributed by atoms with van der Waals surface area (Å²) in [5.74, 6) is 0.946. The molecule has 0 bridgehead atoms. The van der Waals surface area contributed by atoms with Crippen molar-refractivity contribution in [2.45, 2.75) is 105 Å². The summed E-state index contributed by atoms with van der Waals surface area (Å²) in [6, 6.07) is 42.0. The third-order valence-corrected chi connectivity index (χ3v) is 19.7. The molecule has 100 heavy (non-hydrogen) atoms. The van der Waals surface area contributed by atoms with E-state index in [1.165, 1.54) is 48.5 Å². The molecule has 492 valence electrons. The molecular weight excluding hydrogens is 1400 g/mol. The number of benzene rings is 12. The Morgan fingerprint density at radius 3 is 1.69 bits per heavy atom. The van der Waals surface area contributed by atoms with Gasteiger partial charge in [0.2, 0.25) is 0 Å². The maximum absolute atomic E-state index is 10.6. The van der Waals surface area contributed by atoms with Crippen LogP contribution in [0.4, 0.5) is 0 Å². The van der Waals surface area contributed by atoms with Gasteiger partial charge in [0.1, 0.15) is 5.82 Å². The van der Waals surface area contributed by atoms with E-state index in [2.05, 4.69) is 73.0 Å². The van der Waals surface area contributed by atoms with E-state index in [4.69, 9.17) is 17.9 Å². The number of aryl methyl sites for hydroxylation is 4. The van der Waals surface area contributed by atoms with E-state index >= 15 is 0 Å². The van der Waals surface area contributed by atoms with Crippen molar-refractivity contribution in [1.29, 1.82) is 0 Å². The van der Waals surface area contributed by atoms with Gasteiger partial charge in [-0.05, 0) is 256 Å². The number of aromatic nitrogens is 4. The van der Waals surface area contributed by atoms with Crippen LogP contribution in [-0.4, -0.2) is 14.1 Å². The zero-order valence-electron chi connectivity index (χ0n) is 80.6. The summed E-state index contributed by atoms with van der Waals surface area (Å²) in [4.78, 5) is 4.88. The molecule has 0 spiro atoms. The molecule has 2 aliphatic rings. The maximum Gasteiger partial charge on any atom is 0.268 e. The van der Waals surface area contributed by atoms with Crippen molar-refractivity contribution in [2.75, 3.05) is 0 Å². The number of fused-ring (bicyclic) bond motifs is 11. The number of rotatable bonds is 9. The van der Waals surface area contributed by atoms with Crippen molar-refractivity contribution in [3.63, 3.8) is 0 Å². The molecule has 0 fully saturated rings. The minimum Gasteiger partial charge on any atom is -0.510 e. The zero-order valence-corrected chi connectivity index (χ0v) is 57.9. The minimum absolute atomic E-state index is 0. The summed E-state index contributed by atoms with van der Waals surface area (Å²) < 4.78 is 247. The molecule has 4 heterocycles. The van der Waals surface area contributed by atoms with Crippen molar-refractivity contribution in [3.8, 4) is 118 Å². The van der Waals surface area contributed by atoms with E-state index in [1.54, 1.807) is 63.9 Å². The van der Waals surface area contributed by atoms with Gasteiger partial charge in [-0.3, -0.25) is 4.57 Å². The van der Waals surface area contributed by atoms with Crippen LogP contribution in [0.25, 0.3) is 139 Å². The molecule has 12 aromatic carbocycles. The Labute approximate surface area is 637 Å². The summed E-state index contributed by atoms with van der Waals surface area (Å²) in [6.45, 7) is 2.47. The fraction of sp³-hybridized carbons (Fsp3) is 0.170. The Balaban J connectivity index is 0.0000115.